The Hall–Kier alpha value is -0.570. The predicted octanol–water partition coefficient (Wildman–Crippen LogP) is 3.27. The third-order valence-corrected chi connectivity index (χ3v) is 5.05. The maximum absolute atomic E-state index is 5.93. The molecule has 1 saturated carbocycles. The van der Waals surface area contributed by atoms with Crippen molar-refractivity contribution < 1.29 is 0 Å². The molecule has 0 bridgehead atoms. The Morgan fingerprint density at radius 2 is 2.00 bits per heavy atom. The SMILES string of the molecule is CN1CCCC1CNC1CC(c2ccc(Cl)cc2)C1. The molecule has 104 valence electrons. The molecule has 3 heteroatoms. The second kappa shape index (κ2) is 5.82. The summed E-state index contributed by atoms with van der Waals surface area (Å²) in [7, 11) is 2.25. The van der Waals surface area contributed by atoms with Crippen molar-refractivity contribution in [2.45, 2.75) is 43.7 Å². The van der Waals surface area contributed by atoms with Gasteiger partial charge in [-0.25, -0.2) is 0 Å². The minimum Gasteiger partial charge on any atom is -0.312 e. The summed E-state index contributed by atoms with van der Waals surface area (Å²) >= 11 is 5.93. The zero-order chi connectivity index (χ0) is 13.2. The minimum atomic E-state index is 0.717. The molecule has 0 aromatic heterocycles. The van der Waals surface area contributed by atoms with Gasteiger partial charge in [0.1, 0.15) is 0 Å². The van der Waals surface area contributed by atoms with Crippen LogP contribution in [0.3, 0.4) is 0 Å². The Labute approximate surface area is 121 Å². The molecule has 1 atom stereocenters. The average Bonchev–Trinajstić information content (AvgIpc) is 2.75. The van der Waals surface area contributed by atoms with Crippen molar-refractivity contribution in [1.82, 2.24) is 10.2 Å². The van der Waals surface area contributed by atoms with E-state index in [0.717, 1.165) is 29.6 Å². The molecule has 2 fully saturated rings. The van der Waals surface area contributed by atoms with E-state index in [0.29, 0.717) is 0 Å². The smallest absolute Gasteiger partial charge is 0.0406 e. The van der Waals surface area contributed by atoms with Crippen LogP contribution in [0.4, 0.5) is 0 Å². The topological polar surface area (TPSA) is 15.3 Å². The van der Waals surface area contributed by atoms with Gasteiger partial charge in [-0.2, -0.15) is 0 Å². The number of benzene rings is 1. The Kier molecular flexibility index (Phi) is 4.11. The van der Waals surface area contributed by atoms with Crippen LogP contribution in [0, 0.1) is 0 Å². The zero-order valence-corrected chi connectivity index (χ0v) is 12.4. The van der Waals surface area contributed by atoms with Gasteiger partial charge in [0.15, 0.2) is 0 Å². The highest BCUT2D eigenvalue weighted by Gasteiger charge is 2.31. The standard InChI is InChI=1S/C16H23ClN2/c1-19-8-2-3-16(19)11-18-15-9-13(10-15)12-4-6-14(17)7-5-12/h4-7,13,15-16,18H,2-3,8-11H2,1H3. The lowest BCUT2D eigenvalue weighted by Gasteiger charge is -2.37. The summed E-state index contributed by atoms with van der Waals surface area (Å²) in [5, 5.41) is 4.57. The number of hydrogen-bond acceptors (Lipinski definition) is 2. The molecule has 2 nitrogen and oxygen atoms in total. The van der Waals surface area contributed by atoms with Gasteiger partial charge in [0, 0.05) is 23.7 Å². The van der Waals surface area contributed by atoms with Crippen LogP contribution in [0.1, 0.15) is 37.2 Å². The summed E-state index contributed by atoms with van der Waals surface area (Å²) in [5.41, 5.74) is 1.44. The molecule has 1 unspecified atom stereocenters. The first-order valence-corrected chi connectivity index (χ1v) is 7.79. The van der Waals surface area contributed by atoms with E-state index >= 15 is 0 Å². The van der Waals surface area contributed by atoms with Gasteiger partial charge in [0.25, 0.3) is 0 Å². The molecule has 0 radical (unpaired) electrons. The van der Waals surface area contributed by atoms with Crippen molar-refractivity contribution in [3.8, 4) is 0 Å². The molecule has 0 amide bonds. The van der Waals surface area contributed by atoms with E-state index in [2.05, 4.69) is 29.4 Å². The van der Waals surface area contributed by atoms with Crippen molar-refractivity contribution in [2.75, 3.05) is 20.1 Å². The monoisotopic (exact) mass is 278 g/mol. The van der Waals surface area contributed by atoms with Crippen LogP contribution in [-0.4, -0.2) is 37.1 Å². The number of nitrogens with zero attached hydrogens (tertiary/aromatic N) is 1. The molecule has 1 aromatic carbocycles. The minimum absolute atomic E-state index is 0.717. The van der Waals surface area contributed by atoms with E-state index in [4.69, 9.17) is 11.6 Å². The molecule has 1 aromatic rings. The Balaban J connectivity index is 1.41. The summed E-state index contributed by atoms with van der Waals surface area (Å²) in [6.45, 7) is 2.43. The summed E-state index contributed by atoms with van der Waals surface area (Å²) in [6.07, 6.45) is 5.27. The molecule has 1 saturated heterocycles. The van der Waals surface area contributed by atoms with Crippen molar-refractivity contribution in [3.05, 3.63) is 34.9 Å². The number of halogens is 1. The molecule has 2 aliphatic rings. The Morgan fingerprint density at radius 1 is 1.26 bits per heavy atom. The zero-order valence-electron chi connectivity index (χ0n) is 11.6. The molecule has 1 aliphatic carbocycles. The van der Waals surface area contributed by atoms with Crippen LogP contribution in [0.5, 0.6) is 0 Å². The van der Waals surface area contributed by atoms with E-state index < -0.39 is 0 Å². The van der Waals surface area contributed by atoms with Crippen molar-refractivity contribution in [1.29, 1.82) is 0 Å². The molecular weight excluding hydrogens is 256 g/mol. The molecular formula is C16H23ClN2. The summed E-state index contributed by atoms with van der Waals surface area (Å²) in [5.74, 6) is 0.732. The first-order valence-electron chi connectivity index (χ1n) is 7.41. The summed E-state index contributed by atoms with van der Waals surface area (Å²) in [4.78, 5) is 2.49. The fraction of sp³-hybridized carbons (Fsp3) is 0.625. The number of likely N-dealkylation sites (N-methyl/N-ethyl adjacent to an activating group) is 1. The Morgan fingerprint density at radius 3 is 2.63 bits per heavy atom. The van der Waals surface area contributed by atoms with Crippen LogP contribution < -0.4 is 5.32 Å². The fourth-order valence-electron chi connectivity index (χ4n) is 3.33. The van der Waals surface area contributed by atoms with Gasteiger partial charge in [-0.1, -0.05) is 23.7 Å². The summed E-state index contributed by atoms with van der Waals surface area (Å²) < 4.78 is 0. The third kappa shape index (κ3) is 3.13. The van der Waals surface area contributed by atoms with Crippen LogP contribution in [0.25, 0.3) is 0 Å². The lowest BCUT2D eigenvalue weighted by Crippen LogP contribution is -2.45. The number of rotatable bonds is 4. The molecule has 19 heavy (non-hydrogen) atoms. The van der Waals surface area contributed by atoms with E-state index in [-0.39, 0.29) is 0 Å². The largest absolute Gasteiger partial charge is 0.312 e. The van der Waals surface area contributed by atoms with Gasteiger partial charge in [-0.3, -0.25) is 0 Å². The lowest BCUT2D eigenvalue weighted by molar-refractivity contribution is 0.245. The van der Waals surface area contributed by atoms with E-state index in [1.807, 2.05) is 12.1 Å². The number of nitrogens with one attached hydrogen (secondary N) is 1. The fourth-order valence-corrected chi connectivity index (χ4v) is 3.46. The van der Waals surface area contributed by atoms with Crippen molar-refractivity contribution >= 4 is 11.6 Å². The quantitative estimate of drug-likeness (QED) is 0.909. The average molecular weight is 279 g/mol. The van der Waals surface area contributed by atoms with Crippen molar-refractivity contribution in [2.24, 2.45) is 0 Å². The van der Waals surface area contributed by atoms with Gasteiger partial charge in [0.05, 0.1) is 0 Å². The predicted molar refractivity (Wildman–Crippen MR) is 80.9 cm³/mol. The van der Waals surface area contributed by atoms with Crippen LogP contribution in [-0.2, 0) is 0 Å². The van der Waals surface area contributed by atoms with E-state index in [1.54, 1.807) is 0 Å². The second-order valence-corrected chi connectivity index (χ2v) is 6.54. The van der Waals surface area contributed by atoms with E-state index in [1.165, 1.54) is 37.8 Å². The molecule has 1 N–H and O–H groups in total. The van der Waals surface area contributed by atoms with Crippen LogP contribution in [0.15, 0.2) is 24.3 Å². The maximum atomic E-state index is 5.93. The molecule has 0 spiro atoms. The van der Waals surface area contributed by atoms with E-state index in [9.17, 15) is 0 Å². The van der Waals surface area contributed by atoms with Gasteiger partial charge in [-0.15, -0.1) is 0 Å². The molecule has 3 rings (SSSR count). The normalized spacial score (nSPS) is 31.4. The Bertz CT molecular complexity index is 411. The number of hydrogen-bond donors (Lipinski definition) is 1. The van der Waals surface area contributed by atoms with Gasteiger partial charge < -0.3 is 10.2 Å². The van der Waals surface area contributed by atoms with Gasteiger partial charge in [0.2, 0.25) is 0 Å². The highest BCUT2D eigenvalue weighted by Crippen LogP contribution is 2.37. The summed E-state index contributed by atoms with van der Waals surface area (Å²) in [6, 6.07) is 9.84. The van der Waals surface area contributed by atoms with Gasteiger partial charge in [-0.05, 0) is 62.9 Å². The lowest BCUT2D eigenvalue weighted by atomic mass is 9.76. The maximum Gasteiger partial charge on any atom is 0.0406 e. The molecule has 1 heterocycles. The van der Waals surface area contributed by atoms with Crippen LogP contribution >= 0.6 is 11.6 Å². The highest BCUT2D eigenvalue weighted by molar-refractivity contribution is 6.30. The van der Waals surface area contributed by atoms with Gasteiger partial charge >= 0.3 is 0 Å². The number of likely N-dealkylation sites (tertiary alicyclic amines) is 1. The van der Waals surface area contributed by atoms with Crippen molar-refractivity contribution in [3.63, 3.8) is 0 Å². The highest BCUT2D eigenvalue weighted by atomic mass is 35.5. The first kappa shape index (κ1) is 13.4. The third-order valence-electron chi connectivity index (χ3n) is 4.79. The molecule has 1 aliphatic heterocycles. The second-order valence-electron chi connectivity index (χ2n) is 6.10. The van der Waals surface area contributed by atoms with Crippen LogP contribution in [0.2, 0.25) is 5.02 Å². The first-order chi connectivity index (χ1) is 9.22.